The fourth-order valence-electron chi connectivity index (χ4n) is 2.59. The lowest BCUT2D eigenvalue weighted by Gasteiger charge is -2.08. The number of carbonyl (C=O) groups excluding carboxylic acids is 2. The van der Waals surface area contributed by atoms with Gasteiger partial charge in [-0.25, -0.2) is 18.0 Å². The predicted molar refractivity (Wildman–Crippen MR) is 97.8 cm³/mol. The SMILES string of the molecule is COCc1c(C(=O)OCC(=O)Nc2cc(F)ccc2F)sc2cccc(F)c12. The van der Waals surface area contributed by atoms with Crippen molar-refractivity contribution in [3.8, 4) is 0 Å². The highest BCUT2D eigenvalue weighted by molar-refractivity contribution is 7.21. The number of hydrogen-bond donors (Lipinski definition) is 1. The summed E-state index contributed by atoms with van der Waals surface area (Å²) in [7, 11) is 1.40. The van der Waals surface area contributed by atoms with Crippen LogP contribution in [0.5, 0.6) is 0 Å². The second kappa shape index (κ2) is 8.41. The molecule has 0 bridgehead atoms. The number of thiophene rings is 1. The van der Waals surface area contributed by atoms with Crippen molar-refractivity contribution in [2.75, 3.05) is 19.0 Å². The van der Waals surface area contributed by atoms with Gasteiger partial charge in [-0.15, -0.1) is 11.3 Å². The fraction of sp³-hybridized carbons (Fsp3) is 0.158. The maximum Gasteiger partial charge on any atom is 0.349 e. The highest BCUT2D eigenvalue weighted by atomic mass is 32.1. The molecule has 1 amide bonds. The van der Waals surface area contributed by atoms with E-state index in [0.717, 1.165) is 29.5 Å². The highest BCUT2D eigenvalue weighted by Crippen LogP contribution is 2.34. The van der Waals surface area contributed by atoms with Crippen LogP contribution in [0.4, 0.5) is 18.9 Å². The van der Waals surface area contributed by atoms with Gasteiger partial charge in [0.1, 0.15) is 22.3 Å². The van der Waals surface area contributed by atoms with Crippen molar-refractivity contribution in [2.45, 2.75) is 6.61 Å². The molecule has 3 aromatic rings. The molecule has 1 aromatic heterocycles. The number of esters is 1. The molecule has 0 radical (unpaired) electrons. The van der Waals surface area contributed by atoms with E-state index < -0.39 is 35.9 Å². The molecule has 0 saturated heterocycles. The van der Waals surface area contributed by atoms with Crippen LogP contribution in [-0.2, 0) is 20.9 Å². The molecular weight excluding hydrogens is 395 g/mol. The molecule has 0 fully saturated rings. The summed E-state index contributed by atoms with van der Waals surface area (Å²) in [6.07, 6.45) is 0. The predicted octanol–water partition coefficient (Wildman–Crippen LogP) is 4.26. The molecule has 1 N–H and O–H groups in total. The summed E-state index contributed by atoms with van der Waals surface area (Å²) in [6, 6.07) is 7.01. The molecule has 0 atom stereocenters. The average molecular weight is 409 g/mol. The van der Waals surface area contributed by atoms with E-state index in [1.807, 2.05) is 0 Å². The monoisotopic (exact) mass is 409 g/mol. The maximum absolute atomic E-state index is 14.1. The van der Waals surface area contributed by atoms with Crippen LogP contribution in [0.1, 0.15) is 15.2 Å². The van der Waals surface area contributed by atoms with Crippen LogP contribution < -0.4 is 5.32 Å². The molecule has 0 aliphatic carbocycles. The van der Waals surface area contributed by atoms with E-state index in [2.05, 4.69) is 5.32 Å². The Bertz CT molecular complexity index is 1050. The number of benzene rings is 2. The van der Waals surface area contributed by atoms with E-state index in [1.165, 1.54) is 19.2 Å². The molecule has 146 valence electrons. The minimum Gasteiger partial charge on any atom is -0.451 e. The zero-order chi connectivity index (χ0) is 20.3. The summed E-state index contributed by atoms with van der Waals surface area (Å²) in [5.74, 6) is -3.76. The first kappa shape index (κ1) is 19.8. The smallest absolute Gasteiger partial charge is 0.349 e. The lowest BCUT2D eigenvalue weighted by Crippen LogP contribution is -2.21. The van der Waals surface area contributed by atoms with Crippen LogP contribution >= 0.6 is 11.3 Å². The number of ether oxygens (including phenoxy) is 2. The Hall–Kier alpha value is -2.91. The molecule has 5 nitrogen and oxygen atoms in total. The van der Waals surface area contributed by atoms with Crippen molar-refractivity contribution in [1.29, 1.82) is 0 Å². The number of nitrogens with one attached hydrogen (secondary N) is 1. The summed E-state index contributed by atoms with van der Waals surface area (Å²) in [5.41, 5.74) is -0.0489. The van der Waals surface area contributed by atoms with Crippen LogP contribution in [-0.4, -0.2) is 25.6 Å². The largest absolute Gasteiger partial charge is 0.451 e. The quantitative estimate of drug-likeness (QED) is 0.618. The lowest BCUT2D eigenvalue weighted by molar-refractivity contribution is -0.119. The molecule has 0 unspecified atom stereocenters. The van der Waals surface area contributed by atoms with Gasteiger partial charge in [0.25, 0.3) is 5.91 Å². The van der Waals surface area contributed by atoms with Gasteiger partial charge in [0.15, 0.2) is 6.61 Å². The van der Waals surface area contributed by atoms with E-state index >= 15 is 0 Å². The number of amides is 1. The third-order valence-electron chi connectivity index (χ3n) is 3.77. The van der Waals surface area contributed by atoms with Gasteiger partial charge < -0.3 is 14.8 Å². The number of carbonyl (C=O) groups is 2. The minimum absolute atomic E-state index is 0.0218. The normalized spacial score (nSPS) is 10.9. The Kier molecular flexibility index (Phi) is 5.96. The van der Waals surface area contributed by atoms with E-state index in [0.29, 0.717) is 10.3 Å². The maximum atomic E-state index is 14.1. The third-order valence-corrected chi connectivity index (χ3v) is 4.95. The Labute approximate surface area is 161 Å². The molecule has 0 aliphatic rings. The average Bonchev–Trinajstić information content (AvgIpc) is 3.03. The molecular formula is C19H14F3NO4S. The highest BCUT2D eigenvalue weighted by Gasteiger charge is 2.22. The third kappa shape index (κ3) is 4.15. The Morgan fingerprint density at radius 1 is 1.11 bits per heavy atom. The number of hydrogen-bond acceptors (Lipinski definition) is 5. The van der Waals surface area contributed by atoms with Gasteiger partial charge >= 0.3 is 5.97 Å². The van der Waals surface area contributed by atoms with Crippen molar-refractivity contribution in [2.24, 2.45) is 0 Å². The fourth-order valence-corrected chi connectivity index (χ4v) is 3.71. The van der Waals surface area contributed by atoms with Gasteiger partial charge in [0, 0.05) is 28.8 Å². The number of rotatable bonds is 6. The second-order valence-electron chi connectivity index (χ2n) is 5.70. The Morgan fingerprint density at radius 3 is 2.64 bits per heavy atom. The second-order valence-corrected chi connectivity index (χ2v) is 6.76. The Balaban J connectivity index is 1.74. The van der Waals surface area contributed by atoms with Crippen molar-refractivity contribution in [3.05, 3.63) is 64.3 Å². The molecule has 28 heavy (non-hydrogen) atoms. The summed E-state index contributed by atoms with van der Waals surface area (Å²) < 4.78 is 51.4. The van der Waals surface area contributed by atoms with Gasteiger partial charge in [-0.1, -0.05) is 6.07 Å². The van der Waals surface area contributed by atoms with Crippen LogP contribution in [0.25, 0.3) is 10.1 Å². The van der Waals surface area contributed by atoms with Crippen LogP contribution in [0.2, 0.25) is 0 Å². The minimum atomic E-state index is -0.849. The van der Waals surface area contributed by atoms with Gasteiger partial charge in [-0.05, 0) is 24.3 Å². The molecule has 1 heterocycles. The molecule has 3 rings (SSSR count). The van der Waals surface area contributed by atoms with Gasteiger partial charge in [0.05, 0.1) is 12.3 Å². The van der Waals surface area contributed by atoms with Crippen molar-refractivity contribution in [1.82, 2.24) is 0 Å². The summed E-state index contributed by atoms with van der Waals surface area (Å²) in [4.78, 5) is 24.4. The first-order chi connectivity index (χ1) is 13.4. The standard InChI is InChI=1S/C19H14F3NO4S/c1-26-8-11-17-13(22)3-2-4-15(17)28-18(11)19(25)27-9-16(24)23-14-7-10(20)5-6-12(14)21/h2-7H,8-9H2,1H3,(H,23,24). The van der Waals surface area contributed by atoms with E-state index in [4.69, 9.17) is 9.47 Å². The van der Waals surface area contributed by atoms with Gasteiger partial charge in [-0.3, -0.25) is 4.79 Å². The first-order valence-corrected chi connectivity index (χ1v) is 8.83. The van der Waals surface area contributed by atoms with E-state index in [-0.39, 0.29) is 22.6 Å². The van der Waals surface area contributed by atoms with Gasteiger partial charge in [0.2, 0.25) is 0 Å². The number of halogens is 3. The van der Waals surface area contributed by atoms with Crippen LogP contribution in [0.15, 0.2) is 36.4 Å². The van der Waals surface area contributed by atoms with Gasteiger partial charge in [-0.2, -0.15) is 0 Å². The van der Waals surface area contributed by atoms with E-state index in [1.54, 1.807) is 6.07 Å². The Morgan fingerprint density at radius 2 is 1.89 bits per heavy atom. The van der Waals surface area contributed by atoms with E-state index in [9.17, 15) is 22.8 Å². The summed E-state index contributed by atoms with van der Waals surface area (Å²) >= 11 is 1.01. The van der Waals surface area contributed by atoms with Crippen molar-refractivity contribution < 1.29 is 32.2 Å². The summed E-state index contributed by atoms with van der Waals surface area (Å²) in [6.45, 7) is -0.746. The van der Waals surface area contributed by atoms with Crippen molar-refractivity contribution in [3.63, 3.8) is 0 Å². The molecule has 0 spiro atoms. The van der Waals surface area contributed by atoms with Crippen molar-refractivity contribution >= 4 is 39.0 Å². The molecule has 0 saturated carbocycles. The van der Waals surface area contributed by atoms with Crippen LogP contribution in [0, 0.1) is 17.5 Å². The number of methoxy groups -OCH3 is 1. The summed E-state index contributed by atoms with van der Waals surface area (Å²) in [5, 5.41) is 2.38. The first-order valence-electron chi connectivity index (χ1n) is 8.01. The molecule has 2 aromatic carbocycles. The zero-order valence-electron chi connectivity index (χ0n) is 14.6. The lowest BCUT2D eigenvalue weighted by atomic mass is 10.1. The molecule has 9 heteroatoms. The molecule has 0 aliphatic heterocycles. The topological polar surface area (TPSA) is 64.6 Å². The number of fused-ring (bicyclic) bond motifs is 1. The number of anilines is 1. The van der Waals surface area contributed by atoms with Crippen LogP contribution in [0.3, 0.4) is 0 Å². The zero-order valence-corrected chi connectivity index (χ0v) is 15.4.